The Kier molecular flexibility index (Phi) is 5.16. The first-order valence-electron chi connectivity index (χ1n) is 12.7. The van der Waals surface area contributed by atoms with Gasteiger partial charge in [-0.05, 0) is 62.4 Å². The van der Waals surface area contributed by atoms with E-state index in [-0.39, 0.29) is 36.6 Å². The maximum absolute atomic E-state index is 14.6. The van der Waals surface area contributed by atoms with Gasteiger partial charge in [-0.25, -0.2) is 9.29 Å². The molecular weight excluding hydrogens is 475 g/mol. The molecule has 0 radical (unpaired) electrons. The van der Waals surface area contributed by atoms with Gasteiger partial charge in [-0.15, -0.1) is 0 Å². The molecule has 2 heterocycles. The second kappa shape index (κ2) is 8.10. The van der Waals surface area contributed by atoms with Crippen LogP contribution in [0.4, 0.5) is 10.1 Å². The van der Waals surface area contributed by atoms with Crippen LogP contribution in [0.3, 0.4) is 0 Å². The average Bonchev–Trinajstić information content (AvgIpc) is 3.25. The summed E-state index contributed by atoms with van der Waals surface area (Å²) in [6, 6.07) is 12.7. The van der Waals surface area contributed by atoms with Gasteiger partial charge in [0, 0.05) is 12.5 Å². The minimum absolute atomic E-state index is 0.201. The number of amides is 4. The highest BCUT2D eigenvalue weighted by molar-refractivity contribution is 6.24. The van der Waals surface area contributed by atoms with Crippen molar-refractivity contribution in [2.45, 2.75) is 32.6 Å². The predicted octanol–water partition coefficient (Wildman–Crippen LogP) is 3.78. The monoisotopic (exact) mass is 502 g/mol. The van der Waals surface area contributed by atoms with E-state index in [1.807, 2.05) is 6.08 Å². The van der Waals surface area contributed by atoms with E-state index >= 15 is 0 Å². The zero-order valence-corrected chi connectivity index (χ0v) is 20.6. The minimum atomic E-state index is -1.23. The van der Waals surface area contributed by atoms with Crippen LogP contribution < -0.4 is 4.90 Å². The summed E-state index contributed by atoms with van der Waals surface area (Å²) < 4.78 is 14.6. The maximum Gasteiger partial charge on any atom is 0.241 e. The van der Waals surface area contributed by atoms with Crippen molar-refractivity contribution in [3.8, 4) is 5.75 Å². The molecule has 4 amide bonds. The van der Waals surface area contributed by atoms with Crippen LogP contribution >= 0.6 is 0 Å². The van der Waals surface area contributed by atoms with Crippen LogP contribution in [-0.4, -0.2) is 40.2 Å². The quantitative estimate of drug-likeness (QED) is 0.509. The van der Waals surface area contributed by atoms with E-state index in [1.165, 1.54) is 21.9 Å². The van der Waals surface area contributed by atoms with Crippen LogP contribution in [0, 0.1) is 34.9 Å². The summed E-state index contributed by atoms with van der Waals surface area (Å²) in [5, 5.41) is 9.85. The van der Waals surface area contributed by atoms with Crippen molar-refractivity contribution in [3.05, 3.63) is 71.6 Å². The summed E-state index contributed by atoms with van der Waals surface area (Å²) in [4.78, 5) is 56.9. The van der Waals surface area contributed by atoms with Crippen molar-refractivity contribution in [2.75, 3.05) is 11.4 Å². The number of anilines is 1. The molecule has 2 aliphatic carbocycles. The molecule has 6 rings (SSSR count). The third kappa shape index (κ3) is 3.04. The first-order chi connectivity index (χ1) is 17.7. The van der Waals surface area contributed by atoms with Crippen molar-refractivity contribution in [1.29, 1.82) is 0 Å². The number of aromatic hydroxyl groups is 1. The highest BCUT2D eigenvalue weighted by atomic mass is 19.1. The number of carbonyl (C=O) groups is 4. The highest BCUT2D eigenvalue weighted by Gasteiger charge is 2.67. The molecule has 7 nitrogen and oxygen atoms in total. The molecule has 8 heteroatoms. The minimum Gasteiger partial charge on any atom is -0.505 e. The normalized spacial score (nSPS) is 32.8. The van der Waals surface area contributed by atoms with Crippen molar-refractivity contribution in [1.82, 2.24) is 4.90 Å². The van der Waals surface area contributed by atoms with E-state index in [9.17, 15) is 28.7 Å². The first-order valence-corrected chi connectivity index (χ1v) is 12.7. The van der Waals surface area contributed by atoms with Crippen LogP contribution in [-0.2, 0) is 19.2 Å². The molecule has 4 aliphatic rings. The summed E-state index contributed by atoms with van der Waals surface area (Å²) >= 11 is 0. The molecule has 2 saturated heterocycles. The Labute approximate surface area is 213 Å². The molecule has 0 unspecified atom stereocenters. The Morgan fingerprint density at radius 2 is 1.73 bits per heavy atom. The number of nitrogens with zero attached hydrogens (tertiary/aromatic N) is 2. The van der Waals surface area contributed by atoms with E-state index in [2.05, 4.69) is 0 Å². The van der Waals surface area contributed by atoms with Gasteiger partial charge in [-0.2, -0.15) is 0 Å². The topological polar surface area (TPSA) is 95.0 Å². The van der Waals surface area contributed by atoms with E-state index in [0.717, 1.165) is 5.57 Å². The molecule has 3 fully saturated rings. The van der Waals surface area contributed by atoms with Gasteiger partial charge in [0.1, 0.15) is 0 Å². The van der Waals surface area contributed by atoms with Gasteiger partial charge >= 0.3 is 0 Å². The second-order valence-electron chi connectivity index (χ2n) is 10.6. The lowest BCUT2D eigenvalue weighted by molar-refractivity contribution is -0.140. The molecule has 2 aromatic carbocycles. The second-order valence-corrected chi connectivity index (χ2v) is 10.6. The van der Waals surface area contributed by atoms with Crippen LogP contribution in [0.15, 0.2) is 60.2 Å². The van der Waals surface area contributed by atoms with E-state index in [4.69, 9.17) is 0 Å². The van der Waals surface area contributed by atoms with E-state index < -0.39 is 46.6 Å². The Balaban J connectivity index is 1.54. The van der Waals surface area contributed by atoms with Crippen molar-refractivity contribution < 1.29 is 28.7 Å². The highest BCUT2D eigenvalue weighted by Crippen LogP contribution is 2.63. The summed E-state index contributed by atoms with van der Waals surface area (Å²) in [6.07, 6.45) is 2.53. The molecule has 190 valence electrons. The van der Waals surface area contributed by atoms with Gasteiger partial charge in [-0.3, -0.25) is 24.1 Å². The lowest BCUT2D eigenvalue weighted by Crippen LogP contribution is -2.48. The molecule has 0 bridgehead atoms. The van der Waals surface area contributed by atoms with Gasteiger partial charge in [0.2, 0.25) is 23.6 Å². The molecule has 0 aromatic heterocycles. The standard InChI is InChI=1S/C29H27FN2O5/c1-3-31-25(34)18-11-10-17-19(23(18)27(31)36)14-20-26(35)32(16-7-5-4-6-8-16)28(37)29(20,2)24(17)15-9-12-22(33)21(30)13-15/h4-10,12-13,18-20,23-24,33H,3,11,14H2,1-2H3/t18-,19+,20-,23-,24-,29+/m0/s1. The maximum atomic E-state index is 14.6. The molecule has 1 N–H and O–H groups in total. The van der Waals surface area contributed by atoms with Gasteiger partial charge in [-0.1, -0.05) is 35.9 Å². The number of hydrogen-bond acceptors (Lipinski definition) is 5. The molecule has 6 atom stereocenters. The van der Waals surface area contributed by atoms with Crippen LogP contribution in [0.1, 0.15) is 38.2 Å². The molecule has 0 spiro atoms. The smallest absolute Gasteiger partial charge is 0.241 e. The number of carbonyl (C=O) groups excluding carboxylic acids is 4. The van der Waals surface area contributed by atoms with Gasteiger partial charge < -0.3 is 5.11 Å². The van der Waals surface area contributed by atoms with E-state index in [1.54, 1.807) is 50.2 Å². The first kappa shape index (κ1) is 23.6. The fourth-order valence-corrected chi connectivity index (χ4v) is 7.30. The largest absolute Gasteiger partial charge is 0.505 e. The van der Waals surface area contributed by atoms with Crippen LogP contribution in [0.2, 0.25) is 0 Å². The predicted molar refractivity (Wildman–Crippen MR) is 132 cm³/mol. The molecular formula is C29H27FN2O5. The Morgan fingerprint density at radius 3 is 2.41 bits per heavy atom. The van der Waals surface area contributed by atoms with Crippen LogP contribution in [0.5, 0.6) is 5.75 Å². The molecule has 2 aromatic rings. The molecule has 2 aliphatic heterocycles. The fourth-order valence-electron chi connectivity index (χ4n) is 7.30. The number of benzene rings is 2. The summed E-state index contributed by atoms with van der Waals surface area (Å²) in [5.41, 5.74) is 0.474. The summed E-state index contributed by atoms with van der Waals surface area (Å²) in [6.45, 7) is 3.79. The number of phenolic OH excluding ortho intramolecular Hbond substituents is 1. The fraction of sp³-hybridized carbons (Fsp3) is 0.379. The Hall–Kier alpha value is -3.81. The number of para-hydroxylation sites is 1. The van der Waals surface area contributed by atoms with E-state index in [0.29, 0.717) is 17.7 Å². The Bertz CT molecular complexity index is 1390. The van der Waals surface area contributed by atoms with Crippen molar-refractivity contribution in [3.63, 3.8) is 0 Å². The van der Waals surface area contributed by atoms with Crippen LogP contribution in [0.25, 0.3) is 0 Å². The number of hydrogen-bond donors (Lipinski definition) is 1. The number of phenols is 1. The number of imide groups is 2. The summed E-state index contributed by atoms with van der Waals surface area (Å²) in [7, 11) is 0. The summed E-state index contributed by atoms with van der Waals surface area (Å²) in [5.74, 6) is -5.52. The number of rotatable bonds is 3. The van der Waals surface area contributed by atoms with Crippen molar-refractivity contribution >= 4 is 29.3 Å². The van der Waals surface area contributed by atoms with Gasteiger partial charge in [0.05, 0.1) is 28.9 Å². The van der Waals surface area contributed by atoms with Crippen molar-refractivity contribution in [2.24, 2.45) is 29.1 Å². The number of likely N-dealkylation sites (tertiary alicyclic amines) is 1. The third-order valence-electron chi connectivity index (χ3n) is 9.00. The number of halogens is 1. The molecule has 1 saturated carbocycles. The third-order valence-corrected chi connectivity index (χ3v) is 9.00. The molecule has 37 heavy (non-hydrogen) atoms. The Morgan fingerprint density at radius 1 is 1.00 bits per heavy atom. The SMILES string of the molecule is CCN1C(=O)[C@H]2[C@H](CC=C3[C@H]2C[C@H]2C(=O)N(c4ccccc4)C(=O)[C@@]2(C)[C@H]3c2ccc(O)c(F)c2)C1=O. The lowest BCUT2D eigenvalue weighted by Gasteiger charge is -2.49. The average molecular weight is 503 g/mol. The lowest BCUT2D eigenvalue weighted by atomic mass is 9.51. The number of allylic oxidation sites excluding steroid dienone is 2. The van der Waals surface area contributed by atoms with Gasteiger partial charge in [0.25, 0.3) is 0 Å². The van der Waals surface area contributed by atoms with Gasteiger partial charge in [0.15, 0.2) is 11.6 Å². The zero-order chi connectivity index (χ0) is 26.2. The zero-order valence-electron chi connectivity index (χ0n) is 20.6. The number of fused-ring (bicyclic) bond motifs is 4.